The number of hydrogen-bond donors (Lipinski definition) is 0. The van der Waals surface area contributed by atoms with Crippen LogP contribution in [0.3, 0.4) is 0 Å². The summed E-state index contributed by atoms with van der Waals surface area (Å²) >= 11 is 3.26. The molecule has 31 heavy (non-hydrogen) atoms. The van der Waals surface area contributed by atoms with E-state index in [-0.39, 0.29) is 5.91 Å². The first-order valence-electron chi connectivity index (χ1n) is 11.2. The van der Waals surface area contributed by atoms with E-state index < -0.39 is 0 Å². The van der Waals surface area contributed by atoms with Crippen LogP contribution in [0.1, 0.15) is 36.4 Å². The summed E-state index contributed by atoms with van der Waals surface area (Å²) in [4.78, 5) is 24.3. The maximum absolute atomic E-state index is 13.1. The van der Waals surface area contributed by atoms with E-state index in [2.05, 4.69) is 24.8 Å². The van der Waals surface area contributed by atoms with Gasteiger partial charge in [0.15, 0.2) is 0 Å². The summed E-state index contributed by atoms with van der Waals surface area (Å²) in [6.07, 6.45) is 2.80. The van der Waals surface area contributed by atoms with Crippen LogP contribution in [0.25, 0.3) is 20.1 Å². The fraction of sp³-hybridized carbons (Fsp3) is 0.500. The molecule has 4 heterocycles. The van der Waals surface area contributed by atoms with Crippen molar-refractivity contribution in [3.63, 3.8) is 0 Å². The van der Waals surface area contributed by atoms with Gasteiger partial charge in [0.25, 0.3) is 5.91 Å². The van der Waals surface area contributed by atoms with Gasteiger partial charge >= 0.3 is 0 Å². The molecule has 0 bridgehead atoms. The summed E-state index contributed by atoms with van der Waals surface area (Å²) < 4.78 is 7.04. The molecule has 2 saturated heterocycles. The lowest BCUT2D eigenvalue weighted by Crippen LogP contribution is -2.48. The van der Waals surface area contributed by atoms with Crippen LogP contribution in [0.15, 0.2) is 36.4 Å². The van der Waals surface area contributed by atoms with Crippen LogP contribution in [-0.4, -0.2) is 65.6 Å². The van der Waals surface area contributed by atoms with Gasteiger partial charge in [0.1, 0.15) is 5.01 Å². The Morgan fingerprint density at radius 3 is 2.55 bits per heavy atom. The molecular formula is C24H29N3O2S2. The molecule has 0 N–H and O–H groups in total. The van der Waals surface area contributed by atoms with Gasteiger partial charge in [-0.05, 0) is 56.9 Å². The van der Waals surface area contributed by atoms with Crippen LogP contribution in [0, 0.1) is 5.92 Å². The summed E-state index contributed by atoms with van der Waals surface area (Å²) in [7, 11) is 0. The summed E-state index contributed by atoms with van der Waals surface area (Å²) in [6.45, 7) is 9.20. The highest BCUT2D eigenvalue weighted by Gasteiger charge is 2.28. The Bertz CT molecular complexity index is 1010. The van der Waals surface area contributed by atoms with E-state index in [9.17, 15) is 4.79 Å². The number of nitrogens with zero attached hydrogens (tertiary/aromatic N) is 3. The normalized spacial score (nSPS) is 23.5. The molecular weight excluding hydrogens is 426 g/mol. The van der Waals surface area contributed by atoms with E-state index >= 15 is 0 Å². The van der Waals surface area contributed by atoms with Gasteiger partial charge < -0.3 is 9.64 Å². The Balaban J connectivity index is 1.18. The van der Waals surface area contributed by atoms with Gasteiger partial charge in [-0.2, -0.15) is 0 Å². The number of morpholine rings is 1. The van der Waals surface area contributed by atoms with Crippen molar-refractivity contribution in [1.82, 2.24) is 14.8 Å². The van der Waals surface area contributed by atoms with E-state index in [0.29, 0.717) is 18.1 Å². The summed E-state index contributed by atoms with van der Waals surface area (Å²) in [5.41, 5.74) is 1.02. The molecule has 7 heteroatoms. The third-order valence-electron chi connectivity index (χ3n) is 6.23. The number of carbonyl (C=O) groups is 1. The van der Waals surface area contributed by atoms with E-state index in [1.807, 2.05) is 35.2 Å². The van der Waals surface area contributed by atoms with E-state index in [4.69, 9.17) is 9.72 Å². The topological polar surface area (TPSA) is 45.7 Å². The molecule has 5 nitrogen and oxygen atoms in total. The molecule has 3 aromatic rings. The molecule has 2 fully saturated rings. The zero-order valence-electron chi connectivity index (χ0n) is 18.1. The number of likely N-dealkylation sites (tertiary alicyclic amines) is 1. The molecule has 164 valence electrons. The van der Waals surface area contributed by atoms with Gasteiger partial charge in [0.2, 0.25) is 0 Å². The second kappa shape index (κ2) is 8.98. The first-order valence-corrected chi connectivity index (χ1v) is 12.8. The number of carbonyl (C=O) groups excluding carboxylic acids is 1. The molecule has 2 aliphatic heterocycles. The van der Waals surface area contributed by atoms with Crippen LogP contribution in [0.4, 0.5) is 0 Å². The van der Waals surface area contributed by atoms with Crippen molar-refractivity contribution in [2.45, 2.75) is 38.9 Å². The van der Waals surface area contributed by atoms with Crippen LogP contribution >= 0.6 is 22.7 Å². The summed E-state index contributed by atoms with van der Waals surface area (Å²) in [5, 5.41) is 0.998. The summed E-state index contributed by atoms with van der Waals surface area (Å²) in [6, 6.07) is 12.2. The number of hydrogen-bond acceptors (Lipinski definition) is 6. The van der Waals surface area contributed by atoms with Crippen LogP contribution in [0.5, 0.6) is 0 Å². The van der Waals surface area contributed by atoms with E-state index in [1.54, 1.807) is 22.7 Å². The van der Waals surface area contributed by atoms with Crippen molar-refractivity contribution in [2.24, 2.45) is 5.92 Å². The second-order valence-electron chi connectivity index (χ2n) is 8.86. The average Bonchev–Trinajstić information content (AvgIpc) is 3.40. The Morgan fingerprint density at radius 1 is 1.06 bits per heavy atom. The Morgan fingerprint density at radius 2 is 1.81 bits per heavy atom. The second-order valence-corrected chi connectivity index (χ2v) is 11.0. The van der Waals surface area contributed by atoms with E-state index in [0.717, 1.165) is 65.8 Å². The standard InChI is InChI=1S/C24H29N3O2S2/c1-16-13-26(14-17(2)29-16)15-18-9-11-27(12-10-18)24(28)22-8-7-21(30-22)23-25-19-5-3-4-6-20(19)31-23/h3-8,16-18H,9-15H2,1-2H3. The van der Waals surface area contributed by atoms with Crippen molar-refractivity contribution in [3.05, 3.63) is 41.3 Å². The molecule has 0 spiro atoms. The first-order chi connectivity index (χ1) is 15.0. The first kappa shape index (κ1) is 21.1. The summed E-state index contributed by atoms with van der Waals surface area (Å²) in [5.74, 6) is 0.840. The van der Waals surface area contributed by atoms with Gasteiger partial charge in [0, 0.05) is 32.7 Å². The monoisotopic (exact) mass is 455 g/mol. The molecule has 5 rings (SSSR count). The number of ether oxygens (including phenoxy) is 1. The highest BCUT2D eigenvalue weighted by molar-refractivity contribution is 7.26. The van der Waals surface area contributed by atoms with Crippen molar-refractivity contribution >= 4 is 38.8 Å². The maximum Gasteiger partial charge on any atom is 0.263 e. The number of piperidine rings is 1. The van der Waals surface area contributed by atoms with E-state index in [1.165, 1.54) is 4.70 Å². The molecule has 0 radical (unpaired) electrons. The van der Waals surface area contributed by atoms with Crippen LogP contribution < -0.4 is 0 Å². The smallest absolute Gasteiger partial charge is 0.263 e. The van der Waals surface area contributed by atoms with Crippen molar-refractivity contribution < 1.29 is 9.53 Å². The Labute approximate surface area is 191 Å². The number of para-hydroxylation sites is 1. The van der Waals surface area contributed by atoms with Gasteiger partial charge in [-0.3, -0.25) is 9.69 Å². The predicted octanol–water partition coefficient (Wildman–Crippen LogP) is 4.99. The number of rotatable bonds is 4. The van der Waals surface area contributed by atoms with Crippen molar-refractivity contribution in [1.29, 1.82) is 0 Å². The zero-order chi connectivity index (χ0) is 21.4. The van der Waals surface area contributed by atoms with Gasteiger partial charge in [-0.15, -0.1) is 22.7 Å². The van der Waals surface area contributed by atoms with Gasteiger partial charge in [-0.1, -0.05) is 12.1 Å². The third kappa shape index (κ3) is 4.70. The molecule has 2 aliphatic rings. The quantitative estimate of drug-likeness (QED) is 0.556. The number of fused-ring (bicyclic) bond motifs is 1. The molecule has 2 aromatic heterocycles. The lowest BCUT2D eigenvalue weighted by Gasteiger charge is -2.39. The number of aromatic nitrogens is 1. The zero-order valence-corrected chi connectivity index (χ0v) is 19.8. The maximum atomic E-state index is 13.1. The highest BCUT2D eigenvalue weighted by atomic mass is 32.1. The molecule has 2 atom stereocenters. The average molecular weight is 456 g/mol. The minimum atomic E-state index is 0.171. The lowest BCUT2D eigenvalue weighted by atomic mass is 9.95. The molecule has 0 aliphatic carbocycles. The SMILES string of the molecule is CC1CN(CC2CCN(C(=O)c3ccc(-c4nc5ccccc5s4)s3)CC2)CC(C)O1. The van der Waals surface area contributed by atoms with Crippen molar-refractivity contribution in [2.75, 3.05) is 32.7 Å². The number of amides is 1. The van der Waals surface area contributed by atoms with Crippen LogP contribution in [0.2, 0.25) is 0 Å². The van der Waals surface area contributed by atoms with Crippen LogP contribution in [-0.2, 0) is 4.74 Å². The third-order valence-corrected chi connectivity index (χ3v) is 8.51. The van der Waals surface area contributed by atoms with Gasteiger partial charge in [-0.25, -0.2) is 4.98 Å². The highest BCUT2D eigenvalue weighted by Crippen LogP contribution is 2.35. The van der Waals surface area contributed by atoms with Crippen molar-refractivity contribution in [3.8, 4) is 9.88 Å². The largest absolute Gasteiger partial charge is 0.373 e. The number of thiazole rings is 1. The lowest BCUT2D eigenvalue weighted by molar-refractivity contribution is -0.0728. The van der Waals surface area contributed by atoms with Gasteiger partial charge in [0.05, 0.1) is 32.2 Å². The Kier molecular flexibility index (Phi) is 6.10. The minimum Gasteiger partial charge on any atom is -0.373 e. The number of benzene rings is 1. The molecule has 0 saturated carbocycles. The molecule has 1 amide bonds. The minimum absolute atomic E-state index is 0.171. The molecule has 2 unspecified atom stereocenters. The fourth-order valence-corrected chi connectivity index (χ4v) is 6.81. The fourth-order valence-electron chi connectivity index (χ4n) is 4.82. The number of thiophene rings is 1. The molecule has 1 aromatic carbocycles. The predicted molar refractivity (Wildman–Crippen MR) is 128 cm³/mol. The Hall–Kier alpha value is -1.80.